The molecule has 4 rings (SSSR count). The van der Waals surface area contributed by atoms with Gasteiger partial charge in [-0.1, -0.05) is 41.4 Å². The van der Waals surface area contributed by atoms with E-state index in [4.69, 9.17) is 16.3 Å². The SMILES string of the molecule is Cc1cccc(C(CNC(=O)c2ccc(-n3nc(C)c(Cl)c3C)cc2)N2CCOCC2)c1. The first-order chi connectivity index (χ1) is 15.4. The van der Waals surface area contributed by atoms with E-state index >= 15 is 0 Å². The molecule has 3 aromatic rings. The number of hydrogen-bond acceptors (Lipinski definition) is 4. The molecule has 1 amide bonds. The average molecular weight is 453 g/mol. The minimum absolute atomic E-state index is 0.0890. The van der Waals surface area contributed by atoms with Crippen molar-refractivity contribution in [2.75, 3.05) is 32.8 Å². The van der Waals surface area contributed by atoms with Crippen molar-refractivity contribution >= 4 is 17.5 Å². The Morgan fingerprint density at radius 3 is 2.47 bits per heavy atom. The smallest absolute Gasteiger partial charge is 0.251 e. The third kappa shape index (κ3) is 4.88. The van der Waals surface area contributed by atoms with Gasteiger partial charge in [0.1, 0.15) is 0 Å². The van der Waals surface area contributed by atoms with Gasteiger partial charge in [-0.15, -0.1) is 0 Å². The molecular formula is C25H29ClN4O2. The fourth-order valence-corrected chi connectivity index (χ4v) is 4.26. The van der Waals surface area contributed by atoms with Crippen molar-refractivity contribution in [1.82, 2.24) is 20.0 Å². The van der Waals surface area contributed by atoms with Gasteiger partial charge in [0.25, 0.3) is 5.91 Å². The van der Waals surface area contributed by atoms with Gasteiger partial charge in [-0.25, -0.2) is 4.68 Å². The predicted molar refractivity (Wildman–Crippen MR) is 127 cm³/mol. The molecule has 2 aromatic carbocycles. The summed E-state index contributed by atoms with van der Waals surface area (Å²) in [6.07, 6.45) is 0. The summed E-state index contributed by atoms with van der Waals surface area (Å²) in [5.41, 5.74) is 5.59. The zero-order valence-corrected chi connectivity index (χ0v) is 19.5. The van der Waals surface area contributed by atoms with Gasteiger partial charge in [0.2, 0.25) is 0 Å². The number of morpholine rings is 1. The van der Waals surface area contributed by atoms with Crippen molar-refractivity contribution in [2.45, 2.75) is 26.8 Å². The zero-order chi connectivity index (χ0) is 22.7. The Morgan fingerprint density at radius 2 is 1.84 bits per heavy atom. The van der Waals surface area contributed by atoms with Crippen LogP contribution in [0.1, 0.15) is 38.9 Å². The molecule has 0 radical (unpaired) electrons. The first kappa shape index (κ1) is 22.5. The number of rotatable bonds is 6. The summed E-state index contributed by atoms with van der Waals surface area (Å²) < 4.78 is 7.32. The van der Waals surface area contributed by atoms with Gasteiger partial charge in [0.05, 0.1) is 41.4 Å². The van der Waals surface area contributed by atoms with Crippen molar-refractivity contribution in [3.63, 3.8) is 0 Å². The summed E-state index contributed by atoms with van der Waals surface area (Å²) in [6, 6.07) is 16.0. The number of aromatic nitrogens is 2. The minimum Gasteiger partial charge on any atom is -0.379 e. The molecule has 1 saturated heterocycles. The molecule has 1 fully saturated rings. The summed E-state index contributed by atoms with van der Waals surface area (Å²) in [6.45, 7) is 9.59. The molecule has 1 N–H and O–H groups in total. The maximum absolute atomic E-state index is 12.9. The van der Waals surface area contributed by atoms with E-state index in [1.165, 1.54) is 11.1 Å². The molecule has 0 aliphatic carbocycles. The second-order valence-electron chi connectivity index (χ2n) is 8.23. The number of carbonyl (C=O) groups excluding carboxylic acids is 1. The standard InChI is InChI=1S/C25H29ClN4O2/c1-17-5-4-6-21(15-17)23(29-11-13-32-14-12-29)16-27-25(31)20-7-9-22(10-8-20)30-19(3)24(26)18(2)28-30/h4-10,15,23H,11-14,16H2,1-3H3,(H,27,31). The topological polar surface area (TPSA) is 59.4 Å². The fourth-order valence-electron chi connectivity index (χ4n) is 4.14. The normalized spacial score (nSPS) is 15.5. The second kappa shape index (κ2) is 9.86. The quantitative estimate of drug-likeness (QED) is 0.607. The highest BCUT2D eigenvalue weighted by molar-refractivity contribution is 6.31. The number of nitrogens with zero attached hydrogens (tertiary/aromatic N) is 3. The van der Waals surface area contributed by atoms with Crippen LogP contribution >= 0.6 is 11.6 Å². The number of halogens is 1. The molecule has 1 aliphatic rings. The Morgan fingerprint density at radius 1 is 1.12 bits per heavy atom. The van der Waals surface area contributed by atoms with Crippen LogP contribution < -0.4 is 5.32 Å². The number of aryl methyl sites for hydroxylation is 2. The summed E-state index contributed by atoms with van der Waals surface area (Å²) >= 11 is 6.27. The highest BCUT2D eigenvalue weighted by Gasteiger charge is 2.23. The van der Waals surface area contributed by atoms with Crippen LogP contribution in [0.5, 0.6) is 0 Å². The van der Waals surface area contributed by atoms with Crippen molar-refractivity contribution in [3.05, 3.63) is 81.6 Å². The lowest BCUT2D eigenvalue weighted by atomic mass is 10.0. The van der Waals surface area contributed by atoms with Gasteiger partial charge >= 0.3 is 0 Å². The molecule has 168 valence electrons. The van der Waals surface area contributed by atoms with E-state index < -0.39 is 0 Å². The zero-order valence-electron chi connectivity index (χ0n) is 18.8. The Labute approximate surface area is 194 Å². The van der Waals surface area contributed by atoms with E-state index in [9.17, 15) is 4.79 Å². The van der Waals surface area contributed by atoms with E-state index in [0.717, 1.165) is 30.2 Å². The number of nitrogens with one attached hydrogen (secondary N) is 1. The van der Waals surface area contributed by atoms with Gasteiger partial charge in [0, 0.05) is 25.2 Å². The van der Waals surface area contributed by atoms with Crippen molar-refractivity contribution in [2.24, 2.45) is 0 Å². The number of carbonyl (C=O) groups is 1. The van der Waals surface area contributed by atoms with Crippen LogP contribution in [0.3, 0.4) is 0 Å². The molecular weight excluding hydrogens is 424 g/mol. The molecule has 1 aliphatic heterocycles. The summed E-state index contributed by atoms with van der Waals surface area (Å²) in [7, 11) is 0. The van der Waals surface area contributed by atoms with E-state index in [2.05, 4.69) is 46.5 Å². The summed E-state index contributed by atoms with van der Waals surface area (Å²) in [5, 5.41) is 8.27. The van der Waals surface area contributed by atoms with Crippen LogP contribution in [0.4, 0.5) is 0 Å². The minimum atomic E-state index is -0.0890. The van der Waals surface area contributed by atoms with Crippen molar-refractivity contribution in [1.29, 1.82) is 0 Å². The monoisotopic (exact) mass is 452 g/mol. The predicted octanol–water partition coefficient (Wildman–Crippen LogP) is 4.25. The molecule has 32 heavy (non-hydrogen) atoms. The fraction of sp³-hybridized carbons (Fsp3) is 0.360. The maximum atomic E-state index is 12.9. The number of amides is 1. The van der Waals surface area contributed by atoms with Crippen LogP contribution in [0.2, 0.25) is 5.02 Å². The highest BCUT2D eigenvalue weighted by Crippen LogP contribution is 2.24. The third-order valence-corrected chi connectivity index (χ3v) is 6.49. The Hall–Kier alpha value is -2.67. The molecule has 0 spiro atoms. The molecule has 0 saturated carbocycles. The van der Waals surface area contributed by atoms with Crippen LogP contribution in [0, 0.1) is 20.8 Å². The number of benzene rings is 2. The Balaban J connectivity index is 1.47. The first-order valence-corrected chi connectivity index (χ1v) is 11.3. The van der Waals surface area contributed by atoms with Gasteiger partial charge in [0.15, 0.2) is 0 Å². The van der Waals surface area contributed by atoms with Crippen molar-refractivity contribution in [3.8, 4) is 5.69 Å². The van der Waals surface area contributed by atoms with Crippen LogP contribution in [0.25, 0.3) is 5.69 Å². The van der Waals surface area contributed by atoms with Crippen LogP contribution in [-0.2, 0) is 4.74 Å². The molecule has 6 nitrogen and oxygen atoms in total. The molecule has 2 heterocycles. The van der Waals surface area contributed by atoms with Gasteiger partial charge in [-0.3, -0.25) is 9.69 Å². The number of ether oxygens (including phenoxy) is 1. The van der Waals surface area contributed by atoms with Crippen molar-refractivity contribution < 1.29 is 9.53 Å². The second-order valence-corrected chi connectivity index (χ2v) is 8.61. The van der Waals surface area contributed by atoms with Gasteiger partial charge < -0.3 is 10.1 Å². The van der Waals surface area contributed by atoms with Gasteiger partial charge in [-0.05, 0) is 50.6 Å². The van der Waals surface area contributed by atoms with E-state index in [1.54, 1.807) is 4.68 Å². The molecule has 7 heteroatoms. The summed E-state index contributed by atoms with van der Waals surface area (Å²) in [4.78, 5) is 15.3. The molecule has 0 bridgehead atoms. The van der Waals surface area contributed by atoms with E-state index in [0.29, 0.717) is 30.3 Å². The first-order valence-electron chi connectivity index (χ1n) is 10.9. The van der Waals surface area contributed by atoms with Crippen LogP contribution in [0.15, 0.2) is 48.5 Å². The van der Waals surface area contributed by atoms with E-state index in [-0.39, 0.29) is 11.9 Å². The highest BCUT2D eigenvalue weighted by atomic mass is 35.5. The van der Waals surface area contributed by atoms with E-state index in [1.807, 2.05) is 38.1 Å². The largest absolute Gasteiger partial charge is 0.379 e. The lowest BCUT2D eigenvalue weighted by molar-refractivity contribution is 0.0162. The van der Waals surface area contributed by atoms with Crippen LogP contribution in [-0.4, -0.2) is 53.4 Å². The maximum Gasteiger partial charge on any atom is 0.251 e. The lowest BCUT2D eigenvalue weighted by Gasteiger charge is -2.35. The summed E-state index contributed by atoms with van der Waals surface area (Å²) in [5.74, 6) is -0.0890. The Kier molecular flexibility index (Phi) is 6.94. The molecule has 1 aromatic heterocycles. The van der Waals surface area contributed by atoms with Gasteiger partial charge in [-0.2, -0.15) is 5.10 Å². The molecule has 1 atom stereocenters. The Bertz CT molecular complexity index is 1090. The average Bonchev–Trinajstić information content (AvgIpc) is 3.07. The third-order valence-electron chi connectivity index (χ3n) is 5.95. The molecule has 1 unspecified atom stereocenters. The number of hydrogen-bond donors (Lipinski definition) is 1. The lowest BCUT2D eigenvalue weighted by Crippen LogP contribution is -2.43.